The fourth-order valence-corrected chi connectivity index (χ4v) is 4.02. The maximum absolute atomic E-state index is 13.2. The van der Waals surface area contributed by atoms with Crippen molar-refractivity contribution in [2.75, 3.05) is 23.3 Å². The number of para-hydroxylation sites is 1. The van der Waals surface area contributed by atoms with Gasteiger partial charge in [-0.3, -0.25) is 13.9 Å². The number of aryl methyl sites for hydroxylation is 1. The zero-order valence-electron chi connectivity index (χ0n) is 15.4. The van der Waals surface area contributed by atoms with Gasteiger partial charge in [-0.05, 0) is 42.3 Å². The van der Waals surface area contributed by atoms with Crippen LogP contribution in [0.15, 0.2) is 53.4 Å². The van der Waals surface area contributed by atoms with Crippen LogP contribution in [0.5, 0.6) is 0 Å². The minimum Gasteiger partial charge on any atom is -0.468 e. The number of amides is 1. The number of rotatable bonds is 7. The summed E-state index contributed by atoms with van der Waals surface area (Å²) in [6.07, 6.45) is 0.602. The van der Waals surface area contributed by atoms with E-state index in [9.17, 15) is 18.0 Å². The van der Waals surface area contributed by atoms with E-state index < -0.39 is 22.5 Å². The normalized spacial score (nSPS) is 10.9. The molecule has 8 heteroatoms. The highest BCUT2D eigenvalue weighted by Crippen LogP contribution is 2.28. The molecule has 0 aromatic heterocycles. The Morgan fingerprint density at radius 2 is 1.70 bits per heavy atom. The summed E-state index contributed by atoms with van der Waals surface area (Å²) in [6.45, 7) is 2.83. The van der Waals surface area contributed by atoms with E-state index in [1.165, 1.54) is 38.3 Å². The van der Waals surface area contributed by atoms with Crippen LogP contribution in [0.3, 0.4) is 0 Å². The molecule has 0 fully saturated rings. The molecule has 0 unspecified atom stereocenters. The van der Waals surface area contributed by atoms with Crippen LogP contribution in [0.25, 0.3) is 0 Å². The molecular weight excluding hydrogens is 368 g/mol. The summed E-state index contributed by atoms with van der Waals surface area (Å²) in [6, 6.07) is 12.8. The lowest BCUT2D eigenvalue weighted by atomic mass is 10.1. The minimum absolute atomic E-state index is 0.00594. The summed E-state index contributed by atoms with van der Waals surface area (Å²) in [4.78, 5) is 23.0. The van der Waals surface area contributed by atoms with E-state index in [-0.39, 0.29) is 10.8 Å². The van der Waals surface area contributed by atoms with Gasteiger partial charge in [-0.25, -0.2) is 8.42 Å². The van der Waals surface area contributed by atoms with Crippen molar-refractivity contribution in [1.82, 2.24) is 0 Å². The Kier molecular flexibility index (Phi) is 6.57. The van der Waals surface area contributed by atoms with Gasteiger partial charge < -0.3 is 10.1 Å². The van der Waals surface area contributed by atoms with Gasteiger partial charge in [0.2, 0.25) is 5.91 Å². The van der Waals surface area contributed by atoms with Gasteiger partial charge in [0.25, 0.3) is 10.0 Å². The number of esters is 1. The first-order valence-electron chi connectivity index (χ1n) is 8.34. The molecule has 0 radical (unpaired) electrons. The van der Waals surface area contributed by atoms with E-state index in [1.807, 2.05) is 19.1 Å². The van der Waals surface area contributed by atoms with Crippen LogP contribution in [0.2, 0.25) is 0 Å². The van der Waals surface area contributed by atoms with Crippen LogP contribution >= 0.6 is 0 Å². The summed E-state index contributed by atoms with van der Waals surface area (Å²) in [5.41, 5.74) is 1.70. The summed E-state index contributed by atoms with van der Waals surface area (Å²) < 4.78 is 32.2. The van der Waals surface area contributed by atoms with Crippen LogP contribution in [0.4, 0.5) is 11.4 Å². The molecule has 0 saturated heterocycles. The molecule has 0 spiro atoms. The molecule has 0 heterocycles. The second kappa shape index (κ2) is 8.68. The molecule has 2 aromatic rings. The van der Waals surface area contributed by atoms with Gasteiger partial charge in [-0.2, -0.15) is 0 Å². The number of benzene rings is 2. The zero-order chi connectivity index (χ0) is 20.0. The molecule has 2 rings (SSSR count). The van der Waals surface area contributed by atoms with Gasteiger partial charge in [0, 0.05) is 12.6 Å². The van der Waals surface area contributed by atoms with Crippen molar-refractivity contribution in [3.8, 4) is 0 Å². The molecular formula is C19H22N2O5S. The Morgan fingerprint density at radius 1 is 1.07 bits per heavy atom. The van der Waals surface area contributed by atoms with Gasteiger partial charge in [0.1, 0.15) is 6.54 Å². The lowest BCUT2D eigenvalue weighted by Crippen LogP contribution is -2.37. The first kappa shape index (κ1) is 20.4. The quantitative estimate of drug-likeness (QED) is 0.734. The summed E-state index contributed by atoms with van der Waals surface area (Å²) in [5, 5.41) is 2.58. The topological polar surface area (TPSA) is 92.8 Å². The maximum Gasteiger partial charge on any atom is 0.326 e. The number of anilines is 2. The first-order chi connectivity index (χ1) is 12.8. The highest BCUT2D eigenvalue weighted by Gasteiger charge is 2.28. The molecule has 0 aliphatic heterocycles. The smallest absolute Gasteiger partial charge is 0.326 e. The predicted molar refractivity (Wildman–Crippen MR) is 103 cm³/mol. The minimum atomic E-state index is -4.02. The van der Waals surface area contributed by atoms with Gasteiger partial charge >= 0.3 is 5.97 Å². The molecule has 1 N–H and O–H groups in total. The molecule has 0 saturated carbocycles. The van der Waals surface area contributed by atoms with Crippen molar-refractivity contribution in [3.63, 3.8) is 0 Å². The van der Waals surface area contributed by atoms with Crippen molar-refractivity contribution in [2.45, 2.75) is 25.2 Å². The highest BCUT2D eigenvalue weighted by molar-refractivity contribution is 7.92. The molecule has 0 aliphatic carbocycles. The zero-order valence-corrected chi connectivity index (χ0v) is 16.2. The lowest BCUT2D eigenvalue weighted by Gasteiger charge is -2.25. The molecule has 27 heavy (non-hydrogen) atoms. The van der Waals surface area contributed by atoms with E-state index in [0.29, 0.717) is 17.8 Å². The Bertz CT molecular complexity index is 923. The summed E-state index contributed by atoms with van der Waals surface area (Å²) >= 11 is 0. The number of sulfonamides is 1. The fraction of sp³-hybridized carbons (Fsp3) is 0.263. The second-order valence-corrected chi connectivity index (χ2v) is 7.64. The molecule has 0 bridgehead atoms. The van der Waals surface area contributed by atoms with Crippen molar-refractivity contribution in [2.24, 2.45) is 0 Å². The van der Waals surface area contributed by atoms with Crippen molar-refractivity contribution >= 4 is 33.3 Å². The Labute approximate surface area is 159 Å². The number of nitrogens with zero attached hydrogens (tertiary/aromatic N) is 1. The van der Waals surface area contributed by atoms with E-state index in [4.69, 9.17) is 0 Å². The number of carbonyl (C=O) groups is 2. The average Bonchev–Trinajstić information content (AvgIpc) is 2.65. The predicted octanol–water partition coefficient (Wildman–Crippen LogP) is 2.58. The van der Waals surface area contributed by atoms with Crippen molar-refractivity contribution in [3.05, 3.63) is 54.1 Å². The van der Waals surface area contributed by atoms with Gasteiger partial charge in [-0.1, -0.05) is 25.1 Å². The number of methoxy groups -OCH3 is 1. The van der Waals surface area contributed by atoms with Gasteiger partial charge in [0.05, 0.1) is 17.7 Å². The highest BCUT2D eigenvalue weighted by atomic mass is 32.2. The number of hydrogen-bond acceptors (Lipinski definition) is 5. The molecule has 144 valence electrons. The molecule has 0 atom stereocenters. The largest absolute Gasteiger partial charge is 0.468 e. The standard InChI is InChI=1S/C19H22N2O5S/c1-4-15-7-5-6-8-18(15)21(13-19(23)26-3)27(24,25)17-11-9-16(10-12-17)20-14(2)22/h5-12H,4,13H2,1-3H3,(H,20,22). The molecule has 7 nitrogen and oxygen atoms in total. The SMILES string of the molecule is CCc1ccccc1N(CC(=O)OC)S(=O)(=O)c1ccc(NC(C)=O)cc1. The van der Waals surface area contributed by atoms with Gasteiger partial charge in [-0.15, -0.1) is 0 Å². The molecule has 1 amide bonds. The van der Waals surface area contributed by atoms with Crippen LogP contribution in [0, 0.1) is 0 Å². The number of carbonyl (C=O) groups excluding carboxylic acids is 2. The van der Waals surface area contributed by atoms with E-state index in [1.54, 1.807) is 12.1 Å². The van der Waals surface area contributed by atoms with E-state index in [2.05, 4.69) is 10.1 Å². The third kappa shape index (κ3) is 4.85. The molecule has 2 aromatic carbocycles. The third-order valence-electron chi connectivity index (χ3n) is 3.90. The van der Waals surface area contributed by atoms with Gasteiger partial charge in [0.15, 0.2) is 0 Å². The second-order valence-electron chi connectivity index (χ2n) is 5.78. The average molecular weight is 390 g/mol. The summed E-state index contributed by atoms with van der Waals surface area (Å²) in [7, 11) is -2.81. The summed E-state index contributed by atoms with van der Waals surface area (Å²) in [5.74, 6) is -0.922. The first-order valence-corrected chi connectivity index (χ1v) is 9.78. The van der Waals surface area contributed by atoms with Crippen LogP contribution < -0.4 is 9.62 Å². The van der Waals surface area contributed by atoms with Crippen molar-refractivity contribution in [1.29, 1.82) is 0 Å². The fourth-order valence-electron chi connectivity index (χ4n) is 2.58. The number of ether oxygens (including phenoxy) is 1. The van der Waals surface area contributed by atoms with Crippen molar-refractivity contribution < 1.29 is 22.7 Å². The van der Waals surface area contributed by atoms with E-state index in [0.717, 1.165) is 9.87 Å². The van der Waals surface area contributed by atoms with E-state index >= 15 is 0 Å². The number of hydrogen-bond donors (Lipinski definition) is 1. The van der Waals surface area contributed by atoms with Crippen LogP contribution in [-0.4, -0.2) is 33.9 Å². The monoisotopic (exact) mass is 390 g/mol. The maximum atomic E-state index is 13.2. The lowest BCUT2D eigenvalue weighted by molar-refractivity contribution is -0.138. The van der Waals surface area contributed by atoms with Crippen LogP contribution in [0.1, 0.15) is 19.4 Å². The third-order valence-corrected chi connectivity index (χ3v) is 5.68. The number of nitrogens with one attached hydrogen (secondary N) is 1. The van der Waals surface area contributed by atoms with Crippen LogP contribution in [-0.2, 0) is 30.8 Å². The molecule has 0 aliphatic rings. The Morgan fingerprint density at radius 3 is 2.26 bits per heavy atom. The Balaban J connectivity index is 2.50. The Hall–Kier alpha value is -2.87.